The van der Waals surface area contributed by atoms with Gasteiger partial charge in [-0.3, -0.25) is 13.9 Å². The number of Topliss-reactive ketones (excluding diaryl/α,β-unsaturated/α-hetero) is 1. The minimum Gasteiger partial charge on any atom is -0.506 e. The van der Waals surface area contributed by atoms with Crippen molar-refractivity contribution in [2.45, 2.75) is 83.3 Å². The highest BCUT2D eigenvalue weighted by Crippen LogP contribution is 2.46. The number of nitrogens with one attached hydrogen (secondary N) is 4. The van der Waals surface area contributed by atoms with Crippen molar-refractivity contribution in [3.63, 3.8) is 0 Å². The molecule has 272 valence electrons. The maximum absolute atomic E-state index is 13.4. The fraction of sp³-hybridized carbons (Fsp3) is 0.472. The number of benzene rings is 2. The number of anilines is 2. The Kier molecular flexibility index (Phi) is 11.0. The molecule has 2 aromatic carbocycles. The quantitative estimate of drug-likeness (QED) is 0.0705. The predicted molar refractivity (Wildman–Crippen MR) is 196 cm³/mol. The molecular weight excluding hydrogens is 681 g/mol. The first kappa shape index (κ1) is 37.7. The van der Waals surface area contributed by atoms with Crippen molar-refractivity contribution in [1.29, 1.82) is 0 Å². The molecule has 14 heteroatoms. The number of fused-ring (bicyclic) bond motifs is 2. The number of aliphatic hydroxyl groups is 1. The first-order valence-electron chi connectivity index (χ1n) is 16.9. The SMILES string of the molecule is CC1(C)C(=CC2=C(O)C(=CC3Nc4ccc(CNCCCCS(=O)(=O)O)cc4C3(C)C)C2=O)Nc2ccc(CNCCCCS(=O)(=O)O)cc21. The Morgan fingerprint density at radius 2 is 1.34 bits per heavy atom. The number of hydrogen-bond acceptors (Lipinski definition) is 10. The van der Waals surface area contributed by atoms with Gasteiger partial charge in [-0.2, -0.15) is 16.8 Å². The number of aliphatic hydroxyl groups excluding tert-OH is 1. The second kappa shape index (κ2) is 14.6. The van der Waals surface area contributed by atoms with E-state index in [1.54, 1.807) is 6.08 Å². The topological polar surface area (TPSA) is 194 Å². The van der Waals surface area contributed by atoms with Crippen LogP contribution in [0.25, 0.3) is 0 Å². The van der Waals surface area contributed by atoms with Crippen molar-refractivity contribution in [3.8, 4) is 0 Å². The summed E-state index contributed by atoms with van der Waals surface area (Å²) in [7, 11) is -7.87. The fourth-order valence-electron chi connectivity index (χ4n) is 6.69. The molecular formula is C36H48N4O8S2. The van der Waals surface area contributed by atoms with Gasteiger partial charge in [0.1, 0.15) is 5.76 Å². The molecule has 1 aliphatic carbocycles. The lowest BCUT2D eigenvalue weighted by Crippen LogP contribution is -2.34. The molecule has 0 saturated carbocycles. The van der Waals surface area contributed by atoms with Crippen LogP contribution in [0, 0.1) is 0 Å². The number of carbonyl (C=O) groups excluding carboxylic acids is 1. The predicted octanol–water partition coefficient (Wildman–Crippen LogP) is 4.88. The molecule has 2 aromatic rings. The highest BCUT2D eigenvalue weighted by Gasteiger charge is 2.42. The van der Waals surface area contributed by atoms with Crippen LogP contribution in [0.15, 0.2) is 71.2 Å². The maximum atomic E-state index is 13.4. The molecule has 7 N–H and O–H groups in total. The van der Waals surface area contributed by atoms with Crippen LogP contribution < -0.4 is 21.3 Å². The Bertz CT molecular complexity index is 1960. The Hall–Kier alpha value is -3.53. The monoisotopic (exact) mass is 728 g/mol. The van der Waals surface area contributed by atoms with Gasteiger partial charge in [-0.1, -0.05) is 52.0 Å². The smallest absolute Gasteiger partial charge is 0.264 e. The van der Waals surface area contributed by atoms with E-state index in [1.165, 1.54) is 0 Å². The van der Waals surface area contributed by atoms with Gasteiger partial charge in [-0.05, 0) is 85.3 Å². The van der Waals surface area contributed by atoms with Crippen molar-refractivity contribution < 1.29 is 35.8 Å². The van der Waals surface area contributed by atoms with E-state index in [-0.39, 0.29) is 40.1 Å². The number of unbranched alkanes of at least 4 members (excludes halogenated alkanes) is 2. The first-order chi connectivity index (χ1) is 23.4. The zero-order valence-electron chi connectivity index (χ0n) is 29.0. The second-order valence-corrected chi connectivity index (χ2v) is 17.6. The largest absolute Gasteiger partial charge is 0.506 e. The minimum absolute atomic E-state index is 0.0256. The summed E-state index contributed by atoms with van der Waals surface area (Å²) in [6.45, 7) is 10.8. The molecule has 0 bridgehead atoms. The van der Waals surface area contributed by atoms with Crippen molar-refractivity contribution >= 4 is 37.4 Å². The van der Waals surface area contributed by atoms with Gasteiger partial charge in [0.2, 0.25) is 0 Å². The molecule has 5 rings (SSSR count). The van der Waals surface area contributed by atoms with Crippen LogP contribution in [0.2, 0.25) is 0 Å². The van der Waals surface area contributed by atoms with Gasteiger partial charge in [0.15, 0.2) is 5.78 Å². The van der Waals surface area contributed by atoms with Crippen LogP contribution in [0.4, 0.5) is 11.4 Å². The molecule has 0 amide bonds. The van der Waals surface area contributed by atoms with E-state index >= 15 is 0 Å². The Labute approximate surface area is 295 Å². The van der Waals surface area contributed by atoms with Gasteiger partial charge >= 0.3 is 0 Å². The number of rotatable bonds is 16. The lowest BCUT2D eigenvalue weighted by Gasteiger charge is -2.28. The molecule has 0 fully saturated rings. The number of hydrogen-bond donors (Lipinski definition) is 7. The summed E-state index contributed by atoms with van der Waals surface area (Å²) in [5.74, 6) is -0.723. The van der Waals surface area contributed by atoms with Gasteiger partial charge < -0.3 is 26.4 Å². The van der Waals surface area contributed by atoms with E-state index in [9.17, 15) is 26.7 Å². The third-order valence-electron chi connectivity index (χ3n) is 9.86. The summed E-state index contributed by atoms with van der Waals surface area (Å²) in [4.78, 5) is 13.4. The van der Waals surface area contributed by atoms with E-state index in [1.807, 2.05) is 30.3 Å². The molecule has 50 heavy (non-hydrogen) atoms. The van der Waals surface area contributed by atoms with Gasteiger partial charge in [-0.15, -0.1) is 0 Å². The molecule has 1 atom stereocenters. The summed E-state index contributed by atoms with van der Waals surface area (Å²) in [6, 6.07) is 12.0. The highest BCUT2D eigenvalue weighted by atomic mass is 32.2. The summed E-state index contributed by atoms with van der Waals surface area (Å²) in [5, 5.41) is 24.7. The average molecular weight is 729 g/mol. The molecule has 0 radical (unpaired) electrons. The van der Waals surface area contributed by atoms with Gasteiger partial charge in [0.05, 0.1) is 28.7 Å². The van der Waals surface area contributed by atoms with Gasteiger partial charge in [0.25, 0.3) is 20.2 Å². The molecule has 2 aliphatic heterocycles. The molecule has 0 saturated heterocycles. The van der Waals surface area contributed by atoms with E-state index in [0.29, 0.717) is 57.4 Å². The van der Waals surface area contributed by atoms with Crippen molar-refractivity contribution in [1.82, 2.24) is 10.6 Å². The highest BCUT2D eigenvalue weighted by molar-refractivity contribution is 7.86. The van der Waals surface area contributed by atoms with E-state index in [4.69, 9.17) is 9.11 Å². The van der Waals surface area contributed by atoms with Crippen LogP contribution in [0.3, 0.4) is 0 Å². The Morgan fingerprint density at radius 3 is 1.88 bits per heavy atom. The Morgan fingerprint density at radius 1 is 0.800 bits per heavy atom. The third-order valence-corrected chi connectivity index (χ3v) is 11.5. The van der Waals surface area contributed by atoms with Crippen molar-refractivity contribution in [2.24, 2.45) is 0 Å². The molecule has 12 nitrogen and oxygen atoms in total. The number of allylic oxidation sites excluding steroid dienone is 4. The molecule has 0 spiro atoms. The standard InChI is InChI=1S/C36H48N4O8S2/c1-35(2)27-17-23(21-37-13-5-7-15-49(43,44)45)9-11-29(27)39-31(35)19-25-33(41)26(34(25)42)20-32-36(3,4)28-18-24(10-12-30(28)40-32)22-38-14-6-8-16-50(46,47)48/h9-12,17-20,31,37-41H,5-8,13-16,21-22H2,1-4H3,(H,43,44,45)(H,46,47,48). The maximum Gasteiger partial charge on any atom is 0.264 e. The summed E-state index contributed by atoms with van der Waals surface area (Å²) in [5.41, 5.74) is 6.75. The summed E-state index contributed by atoms with van der Waals surface area (Å²) < 4.78 is 61.3. The van der Waals surface area contributed by atoms with Crippen LogP contribution in [0.1, 0.15) is 75.6 Å². The second-order valence-electron chi connectivity index (χ2n) is 14.4. The molecule has 0 aromatic heterocycles. The van der Waals surface area contributed by atoms with Crippen molar-refractivity contribution in [2.75, 3.05) is 35.2 Å². The van der Waals surface area contributed by atoms with Crippen LogP contribution in [-0.4, -0.2) is 67.5 Å². The third kappa shape index (κ3) is 8.67. The zero-order valence-corrected chi connectivity index (χ0v) is 30.6. The average Bonchev–Trinajstić information content (AvgIpc) is 3.43. The lowest BCUT2D eigenvalue weighted by atomic mass is 9.76. The van der Waals surface area contributed by atoms with Gasteiger partial charge in [0, 0.05) is 41.0 Å². The van der Waals surface area contributed by atoms with E-state index in [2.05, 4.69) is 61.1 Å². The number of carbonyl (C=O) groups is 1. The van der Waals surface area contributed by atoms with Gasteiger partial charge in [-0.25, -0.2) is 0 Å². The van der Waals surface area contributed by atoms with Crippen molar-refractivity contribution in [3.05, 3.63) is 93.4 Å². The van der Waals surface area contributed by atoms with Crippen LogP contribution >= 0.6 is 0 Å². The lowest BCUT2D eigenvalue weighted by molar-refractivity contribution is -0.113. The Balaban J connectivity index is 1.21. The number of ketones is 1. The van der Waals surface area contributed by atoms with E-state index < -0.39 is 25.7 Å². The molecule has 1 unspecified atom stereocenters. The van der Waals surface area contributed by atoms with E-state index in [0.717, 1.165) is 39.3 Å². The van der Waals surface area contributed by atoms with Crippen LogP contribution in [0.5, 0.6) is 0 Å². The minimum atomic E-state index is -3.94. The molecule has 2 heterocycles. The summed E-state index contributed by atoms with van der Waals surface area (Å²) >= 11 is 0. The first-order valence-corrected chi connectivity index (χ1v) is 20.1. The fourth-order valence-corrected chi connectivity index (χ4v) is 7.83. The zero-order chi connectivity index (χ0) is 36.5. The molecule has 3 aliphatic rings. The normalized spacial score (nSPS) is 20.8. The summed E-state index contributed by atoms with van der Waals surface area (Å²) in [6.07, 6.45) is 5.58. The van der Waals surface area contributed by atoms with Crippen LogP contribution in [-0.2, 0) is 49.0 Å².